The van der Waals surface area contributed by atoms with E-state index in [1.807, 2.05) is 29.0 Å². The molecule has 29 heavy (non-hydrogen) atoms. The number of hydrogen-bond donors (Lipinski definition) is 1. The number of methoxy groups -OCH3 is 2. The summed E-state index contributed by atoms with van der Waals surface area (Å²) in [6.45, 7) is 1.98. The average molecular weight is 432 g/mol. The van der Waals surface area contributed by atoms with Gasteiger partial charge in [0.25, 0.3) is 0 Å². The minimum atomic E-state index is -0.482. The standard InChI is InChI=1S/C21H21NO5S2/c1-4-27-21(24)19-15(13-7-8-16(25-2)17(10-13)26-3)12-29-20(19)22-18(23)11-14-6-5-9-28-14/h5-10,12H,4,11H2,1-3H3,(H,22,23). The first-order valence-corrected chi connectivity index (χ1v) is 10.7. The van der Waals surface area contributed by atoms with E-state index in [-0.39, 0.29) is 18.9 Å². The molecular weight excluding hydrogens is 410 g/mol. The second-order valence-electron chi connectivity index (χ2n) is 5.95. The minimum Gasteiger partial charge on any atom is -0.493 e. The molecule has 0 aliphatic carbocycles. The lowest BCUT2D eigenvalue weighted by atomic mass is 10.0. The topological polar surface area (TPSA) is 73.9 Å². The predicted molar refractivity (Wildman–Crippen MR) is 115 cm³/mol. The second kappa shape index (κ2) is 9.58. The Morgan fingerprint density at radius 1 is 1.07 bits per heavy atom. The highest BCUT2D eigenvalue weighted by atomic mass is 32.1. The van der Waals surface area contributed by atoms with E-state index in [9.17, 15) is 9.59 Å². The van der Waals surface area contributed by atoms with E-state index in [2.05, 4.69) is 5.32 Å². The molecule has 0 saturated carbocycles. The number of amides is 1. The number of carbonyl (C=O) groups is 2. The maximum atomic E-state index is 12.7. The van der Waals surface area contributed by atoms with Crippen LogP contribution in [0.25, 0.3) is 11.1 Å². The van der Waals surface area contributed by atoms with Gasteiger partial charge >= 0.3 is 5.97 Å². The first-order chi connectivity index (χ1) is 14.1. The number of rotatable bonds is 8. The molecule has 2 aromatic heterocycles. The number of benzene rings is 1. The number of nitrogens with one attached hydrogen (secondary N) is 1. The number of ether oxygens (including phenoxy) is 3. The maximum absolute atomic E-state index is 12.7. The van der Waals surface area contributed by atoms with Gasteiger partial charge in [0.2, 0.25) is 5.91 Å². The van der Waals surface area contributed by atoms with E-state index in [4.69, 9.17) is 14.2 Å². The van der Waals surface area contributed by atoms with Crippen molar-refractivity contribution in [1.29, 1.82) is 0 Å². The van der Waals surface area contributed by atoms with E-state index in [0.717, 1.165) is 10.4 Å². The van der Waals surface area contributed by atoms with E-state index >= 15 is 0 Å². The van der Waals surface area contributed by atoms with Crippen LogP contribution in [0.15, 0.2) is 41.1 Å². The van der Waals surface area contributed by atoms with Crippen LogP contribution in [0.5, 0.6) is 11.5 Å². The summed E-state index contributed by atoms with van der Waals surface area (Å²) in [7, 11) is 3.12. The molecule has 0 unspecified atom stereocenters. The summed E-state index contributed by atoms with van der Waals surface area (Å²) >= 11 is 2.80. The summed E-state index contributed by atoms with van der Waals surface area (Å²) in [5.41, 5.74) is 1.77. The third-order valence-corrected chi connectivity index (χ3v) is 5.90. The van der Waals surface area contributed by atoms with E-state index in [1.54, 1.807) is 33.3 Å². The van der Waals surface area contributed by atoms with Gasteiger partial charge in [-0.2, -0.15) is 0 Å². The highest BCUT2D eigenvalue weighted by Gasteiger charge is 2.23. The van der Waals surface area contributed by atoms with Crippen LogP contribution in [-0.4, -0.2) is 32.7 Å². The first kappa shape index (κ1) is 20.9. The summed E-state index contributed by atoms with van der Waals surface area (Å²) in [5.74, 6) is 0.478. The molecule has 1 amide bonds. The van der Waals surface area contributed by atoms with Crippen molar-refractivity contribution in [2.75, 3.05) is 26.1 Å². The van der Waals surface area contributed by atoms with Crippen molar-refractivity contribution in [3.63, 3.8) is 0 Å². The Morgan fingerprint density at radius 2 is 1.86 bits per heavy atom. The minimum absolute atomic E-state index is 0.182. The number of thiophene rings is 2. The van der Waals surface area contributed by atoms with Crippen molar-refractivity contribution in [2.45, 2.75) is 13.3 Å². The van der Waals surface area contributed by atoms with Gasteiger partial charge in [0.05, 0.1) is 27.2 Å². The van der Waals surface area contributed by atoms with Crippen LogP contribution in [0.1, 0.15) is 22.2 Å². The van der Waals surface area contributed by atoms with Crippen LogP contribution in [0.4, 0.5) is 5.00 Å². The van der Waals surface area contributed by atoms with Crippen molar-refractivity contribution < 1.29 is 23.8 Å². The second-order valence-corrected chi connectivity index (χ2v) is 7.86. The Bertz CT molecular complexity index is 995. The molecule has 0 fully saturated rings. The quantitative estimate of drug-likeness (QED) is 0.516. The molecule has 0 aliphatic heterocycles. The summed E-state index contributed by atoms with van der Waals surface area (Å²) in [6, 6.07) is 9.21. The summed E-state index contributed by atoms with van der Waals surface area (Å²) in [4.78, 5) is 26.1. The van der Waals surface area contributed by atoms with Crippen LogP contribution >= 0.6 is 22.7 Å². The fourth-order valence-electron chi connectivity index (χ4n) is 2.81. The molecule has 3 rings (SSSR count). The van der Waals surface area contributed by atoms with Crippen LogP contribution in [0, 0.1) is 0 Å². The third kappa shape index (κ3) is 4.78. The molecule has 1 aromatic carbocycles. The lowest BCUT2D eigenvalue weighted by molar-refractivity contribution is -0.115. The van der Waals surface area contributed by atoms with Gasteiger partial charge in [-0.25, -0.2) is 4.79 Å². The number of anilines is 1. The molecule has 8 heteroatoms. The molecule has 3 aromatic rings. The van der Waals surface area contributed by atoms with Gasteiger partial charge in [-0.1, -0.05) is 12.1 Å². The Morgan fingerprint density at radius 3 is 2.52 bits per heavy atom. The summed E-state index contributed by atoms with van der Waals surface area (Å²) in [5, 5.41) is 7.08. The SMILES string of the molecule is CCOC(=O)c1c(-c2ccc(OC)c(OC)c2)csc1NC(=O)Cc1cccs1. The van der Waals surface area contributed by atoms with Gasteiger partial charge in [-0.15, -0.1) is 22.7 Å². The highest BCUT2D eigenvalue weighted by molar-refractivity contribution is 7.15. The van der Waals surface area contributed by atoms with Crippen molar-refractivity contribution in [1.82, 2.24) is 0 Å². The molecular formula is C21H21NO5S2. The Labute approximate surface area is 177 Å². The van der Waals surface area contributed by atoms with Gasteiger partial charge in [-0.3, -0.25) is 4.79 Å². The van der Waals surface area contributed by atoms with E-state index in [0.29, 0.717) is 27.6 Å². The molecule has 1 N–H and O–H groups in total. The zero-order valence-corrected chi connectivity index (χ0v) is 17.9. The van der Waals surface area contributed by atoms with Gasteiger partial charge in [-0.05, 0) is 36.1 Å². The van der Waals surface area contributed by atoms with Gasteiger partial charge < -0.3 is 19.5 Å². The van der Waals surface area contributed by atoms with Gasteiger partial charge in [0.15, 0.2) is 11.5 Å². The summed E-state index contributed by atoms with van der Waals surface area (Å²) in [6.07, 6.45) is 0.253. The lowest BCUT2D eigenvalue weighted by Crippen LogP contribution is -2.16. The number of carbonyl (C=O) groups excluding carboxylic acids is 2. The van der Waals surface area contributed by atoms with Crippen molar-refractivity contribution in [3.05, 3.63) is 51.5 Å². The summed E-state index contributed by atoms with van der Waals surface area (Å²) < 4.78 is 15.9. The Balaban J connectivity index is 1.95. The molecule has 0 bridgehead atoms. The zero-order chi connectivity index (χ0) is 20.8. The molecule has 0 radical (unpaired) electrons. The smallest absolute Gasteiger partial charge is 0.341 e. The fraction of sp³-hybridized carbons (Fsp3) is 0.238. The predicted octanol–water partition coefficient (Wildman–Crippen LogP) is 4.85. The number of hydrogen-bond acceptors (Lipinski definition) is 7. The molecule has 2 heterocycles. The van der Waals surface area contributed by atoms with Gasteiger partial charge in [0.1, 0.15) is 10.6 Å². The van der Waals surface area contributed by atoms with Gasteiger partial charge in [0, 0.05) is 15.8 Å². The van der Waals surface area contributed by atoms with Crippen molar-refractivity contribution >= 4 is 39.6 Å². The first-order valence-electron chi connectivity index (χ1n) is 8.90. The van der Waals surface area contributed by atoms with Crippen LogP contribution in [0.3, 0.4) is 0 Å². The van der Waals surface area contributed by atoms with E-state index < -0.39 is 5.97 Å². The van der Waals surface area contributed by atoms with Crippen LogP contribution in [-0.2, 0) is 16.0 Å². The molecule has 0 spiro atoms. The number of esters is 1. The molecule has 0 aliphatic rings. The highest BCUT2D eigenvalue weighted by Crippen LogP contribution is 2.39. The molecule has 152 valence electrons. The van der Waals surface area contributed by atoms with Crippen LogP contribution < -0.4 is 14.8 Å². The molecule has 0 saturated heterocycles. The third-order valence-electron chi connectivity index (χ3n) is 4.13. The zero-order valence-electron chi connectivity index (χ0n) is 16.3. The normalized spacial score (nSPS) is 10.4. The Kier molecular flexibility index (Phi) is 6.90. The average Bonchev–Trinajstić information content (AvgIpc) is 3.37. The van der Waals surface area contributed by atoms with E-state index in [1.165, 1.54) is 22.7 Å². The maximum Gasteiger partial charge on any atom is 0.341 e. The van der Waals surface area contributed by atoms with Crippen molar-refractivity contribution in [2.24, 2.45) is 0 Å². The van der Waals surface area contributed by atoms with Crippen LogP contribution in [0.2, 0.25) is 0 Å². The largest absolute Gasteiger partial charge is 0.493 e. The monoisotopic (exact) mass is 431 g/mol. The fourth-order valence-corrected chi connectivity index (χ4v) is 4.49. The van der Waals surface area contributed by atoms with Crippen molar-refractivity contribution in [3.8, 4) is 22.6 Å². The molecule has 6 nitrogen and oxygen atoms in total. The Hall–Kier alpha value is -2.84. The molecule has 0 atom stereocenters. The lowest BCUT2D eigenvalue weighted by Gasteiger charge is -2.11.